The predicted octanol–water partition coefficient (Wildman–Crippen LogP) is 2.76. The second-order valence-corrected chi connectivity index (χ2v) is 8.43. The summed E-state index contributed by atoms with van der Waals surface area (Å²) in [6, 6.07) is 15.7. The number of phenolic OH excluding ortho intramolecular Hbond substituents is 1. The van der Waals surface area contributed by atoms with Crippen LogP contribution in [0.3, 0.4) is 0 Å². The lowest BCUT2D eigenvalue weighted by molar-refractivity contribution is -0.173. The number of nitrogens with two attached hydrogens (primary N) is 1. The van der Waals surface area contributed by atoms with Crippen LogP contribution in [0.1, 0.15) is 37.8 Å². The van der Waals surface area contributed by atoms with Gasteiger partial charge in [0.05, 0.1) is 13.1 Å². The Kier molecular flexibility index (Phi) is 7.17. The van der Waals surface area contributed by atoms with E-state index in [1.807, 2.05) is 24.8 Å². The summed E-state index contributed by atoms with van der Waals surface area (Å²) in [6.07, 6.45) is 0.535. The van der Waals surface area contributed by atoms with Crippen LogP contribution in [0.5, 0.6) is 5.75 Å². The first-order valence-corrected chi connectivity index (χ1v) is 10.6. The molecule has 1 saturated heterocycles. The van der Waals surface area contributed by atoms with Gasteiger partial charge >= 0.3 is 5.97 Å². The highest BCUT2D eigenvalue weighted by Gasteiger charge is 2.42. The molecular weight excluding hydrogens is 394 g/mol. The van der Waals surface area contributed by atoms with Crippen molar-refractivity contribution in [1.29, 1.82) is 0 Å². The van der Waals surface area contributed by atoms with Crippen molar-refractivity contribution in [2.24, 2.45) is 16.6 Å². The van der Waals surface area contributed by atoms with E-state index in [1.54, 1.807) is 48.5 Å². The third kappa shape index (κ3) is 5.76. The standard InChI is InChI=1S/C24H31N3O4/c1-17(2)14-24(30,19-6-4-3-5-7-19)22(29)31-21-12-13-27(16-21)23(25)26-15-18-8-10-20(28)11-9-18/h3-11,17,21,28,30H,12-16H2,1-2H3,(H2,25,26)/t21-,24?/m1/s1. The zero-order valence-electron chi connectivity index (χ0n) is 18.1. The molecule has 1 fully saturated rings. The molecule has 7 nitrogen and oxygen atoms in total. The van der Waals surface area contributed by atoms with E-state index in [0.717, 1.165) is 5.56 Å². The monoisotopic (exact) mass is 425 g/mol. The molecule has 1 unspecified atom stereocenters. The molecule has 1 aliphatic rings. The van der Waals surface area contributed by atoms with Crippen LogP contribution in [0.25, 0.3) is 0 Å². The van der Waals surface area contributed by atoms with Crippen LogP contribution in [0.15, 0.2) is 59.6 Å². The van der Waals surface area contributed by atoms with Crippen molar-refractivity contribution in [1.82, 2.24) is 4.90 Å². The number of carbonyl (C=O) groups is 1. The van der Waals surface area contributed by atoms with Gasteiger partial charge in [-0.2, -0.15) is 0 Å². The van der Waals surface area contributed by atoms with E-state index < -0.39 is 11.6 Å². The molecule has 0 radical (unpaired) electrons. The molecule has 3 rings (SSSR count). The summed E-state index contributed by atoms with van der Waals surface area (Å²) in [7, 11) is 0. The SMILES string of the molecule is CC(C)CC(O)(C(=O)O[C@@H]1CCN(C(N)=NCc2ccc(O)cc2)C1)c1ccccc1. The lowest BCUT2D eigenvalue weighted by Crippen LogP contribution is -2.42. The lowest BCUT2D eigenvalue weighted by atomic mass is 9.85. The number of benzene rings is 2. The fraction of sp³-hybridized carbons (Fsp3) is 0.417. The first-order chi connectivity index (χ1) is 14.8. The number of aliphatic imine (C=N–C) groups is 1. The number of aromatic hydroxyl groups is 1. The number of hydrogen-bond acceptors (Lipinski definition) is 5. The summed E-state index contributed by atoms with van der Waals surface area (Å²) in [5.74, 6) is 0.0734. The molecular formula is C24H31N3O4. The van der Waals surface area contributed by atoms with E-state index >= 15 is 0 Å². The van der Waals surface area contributed by atoms with Gasteiger partial charge in [-0.25, -0.2) is 9.79 Å². The number of aliphatic hydroxyl groups is 1. The van der Waals surface area contributed by atoms with Crippen molar-refractivity contribution in [3.05, 3.63) is 65.7 Å². The minimum absolute atomic E-state index is 0.112. The number of ether oxygens (including phenoxy) is 1. The fourth-order valence-corrected chi connectivity index (χ4v) is 3.78. The average Bonchev–Trinajstić information content (AvgIpc) is 3.22. The Labute approximate surface area is 183 Å². The highest BCUT2D eigenvalue weighted by Crippen LogP contribution is 2.31. The topological polar surface area (TPSA) is 108 Å². The van der Waals surface area contributed by atoms with Gasteiger partial charge in [-0.1, -0.05) is 56.3 Å². The van der Waals surface area contributed by atoms with E-state index in [1.165, 1.54) is 0 Å². The fourth-order valence-electron chi connectivity index (χ4n) is 3.78. The number of rotatable bonds is 7. The van der Waals surface area contributed by atoms with Gasteiger partial charge in [0.25, 0.3) is 0 Å². The Morgan fingerprint density at radius 3 is 2.55 bits per heavy atom. The number of guanidine groups is 1. The Morgan fingerprint density at radius 1 is 1.23 bits per heavy atom. The van der Waals surface area contributed by atoms with Crippen molar-refractivity contribution in [2.75, 3.05) is 13.1 Å². The Morgan fingerprint density at radius 2 is 1.90 bits per heavy atom. The summed E-state index contributed by atoms with van der Waals surface area (Å²) in [6.45, 7) is 5.38. The summed E-state index contributed by atoms with van der Waals surface area (Å²) >= 11 is 0. The lowest BCUT2D eigenvalue weighted by Gasteiger charge is -2.29. The molecule has 1 heterocycles. The Balaban J connectivity index is 1.61. The zero-order valence-corrected chi connectivity index (χ0v) is 18.1. The molecule has 0 spiro atoms. The van der Waals surface area contributed by atoms with Gasteiger partial charge in [0, 0.05) is 13.0 Å². The number of hydrogen-bond donors (Lipinski definition) is 3. The van der Waals surface area contributed by atoms with Gasteiger partial charge in [0.2, 0.25) is 0 Å². The number of likely N-dealkylation sites (tertiary alicyclic amines) is 1. The minimum atomic E-state index is -1.68. The van der Waals surface area contributed by atoms with Crippen molar-refractivity contribution in [3.63, 3.8) is 0 Å². The van der Waals surface area contributed by atoms with Gasteiger partial charge < -0.3 is 25.6 Å². The van der Waals surface area contributed by atoms with Crippen molar-refractivity contribution < 1.29 is 19.7 Å². The third-order valence-electron chi connectivity index (χ3n) is 5.40. The summed E-state index contributed by atoms with van der Waals surface area (Å²) in [5, 5.41) is 20.6. The number of carbonyl (C=O) groups excluding carboxylic acids is 1. The van der Waals surface area contributed by atoms with Crippen LogP contribution in [0, 0.1) is 5.92 Å². The quantitative estimate of drug-likeness (QED) is 0.358. The maximum atomic E-state index is 13.0. The average molecular weight is 426 g/mol. The molecule has 0 amide bonds. The van der Waals surface area contributed by atoms with Crippen LogP contribution in [-0.2, 0) is 21.7 Å². The molecule has 1 aliphatic heterocycles. The van der Waals surface area contributed by atoms with Gasteiger partial charge in [0.1, 0.15) is 11.9 Å². The number of phenols is 1. The van der Waals surface area contributed by atoms with E-state index in [9.17, 15) is 15.0 Å². The van der Waals surface area contributed by atoms with Crippen LogP contribution in [-0.4, -0.2) is 46.2 Å². The maximum Gasteiger partial charge on any atom is 0.343 e. The Bertz CT molecular complexity index is 899. The van der Waals surface area contributed by atoms with E-state index in [4.69, 9.17) is 10.5 Å². The number of esters is 1. The van der Waals surface area contributed by atoms with Crippen LogP contribution < -0.4 is 5.73 Å². The molecule has 0 aliphatic carbocycles. The normalized spacial score (nSPS) is 18.8. The molecule has 0 saturated carbocycles. The minimum Gasteiger partial charge on any atom is -0.508 e. The number of nitrogens with zero attached hydrogens (tertiary/aromatic N) is 2. The summed E-state index contributed by atoms with van der Waals surface area (Å²) < 4.78 is 5.72. The van der Waals surface area contributed by atoms with Crippen LogP contribution in [0.4, 0.5) is 0 Å². The maximum absolute atomic E-state index is 13.0. The molecule has 7 heteroatoms. The second-order valence-electron chi connectivity index (χ2n) is 8.43. The molecule has 2 aromatic rings. The highest BCUT2D eigenvalue weighted by atomic mass is 16.6. The summed E-state index contributed by atoms with van der Waals surface area (Å²) in [4.78, 5) is 19.3. The van der Waals surface area contributed by atoms with Crippen LogP contribution in [0.2, 0.25) is 0 Å². The van der Waals surface area contributed by atoms with Crippen molar-refractivity contribution in [3.8, 4) is 5.75 Å². The molecule has 166 valence electrons. The first kappa shape index (κ1) is 22.6. The largest absolute Gasteiger partial charge is 0.508 e. The molecule has 2 atom stereocenters. The van der Waals surface area contributed by atoms with Crippen molar-refractivity contribution >= 4 is 11.9 Å². The molecule has 0 aromatic heterocycles. The van der Waals surface area contributed by atoms with Crippen LogP contribution >= 0.6 is 0 Å². The Hall–Kier alpha value is -3.06. The third-order valence-corrected chi connectivity index (χ3v) is 5.40. The van der Waals surface area contributed by atoms with Gasteiger partial charge in [0.15, 0.2) is 11.6 Å². The van der Waals surface area contributed by atoms with Crippen molar-refractivity contribution in [2.45, 2.75) is 44.9 Å². The van der Waals surface area contributed by atoms with E-state index in [2.05, 4.69) is 4.99 Å². The predicted molar refractivity (Wildman–Crippen MR) is 119 cm³/mol. The summed E-state index contributed by atoms with van der Waals surface area (Å²) in [5.41, 5.74) is 5.93. The molecule has 0 bridgehead atoms. The van der Waals surface area contributed by atoms with E-state index in [-0.39, 0.29) is 24.2 Å². The zero-order chi connectivity index (χ0) is 22.4. The molecule has 4 N–H and O–H groups in total. The smallest absolute Gasteiger partial charge is 0.343 e. The van der Waals surface area contributed by atoms with Gasteiger partial charge in [-0.3, -0.25) is 0 Å². The van der Waals surface area contributed by atoms with E-state index in [0.29, 0.717) is 37.6 Å². The van der Waals surface area contributed by atoms with Gasteiger partial charge in [-0.15, -0.1) is 0 Å². The second kappa shape index (κ2) is 9.83. The highest BCUT2D eigenvalue weighted by molar-refractivity contribution is 5.82. The molecule has 31 heavy (non-hydrogen) atoms. The first-order valence-electron chi connectivity index (χ1n) is 10.6. The molecule has 2 aromatic carbocycles. The van der Waals surface area contributed by atoms with Gasteiger partial charge in [-0.05, 0) is 35.6 Å².